The summed E-state index contributed by atoms with van der Waals surface area (Å²) in [5, 5.41) is 13.0. The maximum atomic E-state index is 9.29. The third-order valence-corrected chi connectivity index (χ3v) is 3.86. The van der Waals surface area contributed by atoms with Crippen LogP contribution in [-0.4, -0.2) is 23.8 Å². The van der Waals surface area contributed by atoms with Crippen LogP contribution < -0.4 is 5.32 Å². The van der Waals surface area contributed by atoms with Crippen LogP contribution in [-0.2, 0) is 12.8 Å². The lowest BCUT2D eigenvalue weighted by atomic mass is 9.76. The Morgan fingerprint density at radius 1 is 1.29 bits per heavy atom. The molecular formula is C15H23NO. The van der Waals surface area contributed by atoms with Crippen molar-refractivity contribution in [3.8, 4) is 0 Å². The Bertz CT molecular complexity index is 364. The standard InChI is InChI=1S/C15H23NO/c1-2-10-16-15(9-11-17)8-7-13-5-3-4-6-14(13)12-15/h3-6,16-17H,2,7-12H2,1H3. The summed E-state index contributed by atoms with van der Waals surface area (Å²) in [6, 6.07) is 8.71. The van der Waals surface area contributed by atoms with E-state index in [4.69, 9.17) is 0 Å². The Kier molecular flexibility index (Phi) is 4.19. The third-order valence-electron chi connectivity index (χ3n) is 3.86. The Hall–Kier alpha value is -0.860. The Morgan fingerprint density at radius 3 is 2.76 bits per heavy atom. The normalized spacial score (nSPS) is 23.4. The van der Waals surface area contributed by atoms with E-state index in [1.54, 1.807) is 0 Å². The van der Waals surface area contributed by atoms with Gasteiger partial charge in [0.1, 0.15) is 0 Å². The monoisotopic (exact) mass is 233 g/mol. The van der Waals surface area contributed by atoms with Crippen LogP contribution in [0.15, 0.2) is 24.3 Å². The highest BCUT2D eigenvalue weighted by Crippen LogP contribution is 2.31. The fourth-order valence-electron chi connectivity index (χ4n) is 2.86. The van der Waals surface area contributed by atoms with Gasteiger partial charge in [0.15, 0.2) is 0 Å². The quantitative estimate of drug-likeness (QED) is 0.818. The molecule has 17 heavy (non-hydrogen) atoms. The van der Waals surface area contributed by atoms with Gasteiger partial charge in [-0.2, -0.15) is 0 Å². The van der Waals surface area contributed by atoms with Crippen molar-refractivity contribution < 1.29 is 5.11 Å². The minimum Gasteiger partial charge on any atom is -0.396 e. The molecule has 1 aliphatic carbocycles. The summed E-state index contributed by atoms with van der Waals surface area (Å²) in [5.41, 5.74) is 3.06. The maximum absolute atomic E-state index is 9.29. The van der Waals surface area contributed by atoms with Crippen molar-refractivity contribution in [1.82, 2.24) is 5.32 Å². The first-order valence-electron chi connectivity index (χ1n) is 6.72. The van der Waals surface area contributed by atoms with Crippen LogP contribution in [0.5, 0.6) is 0 Å². The lowest BCUT2D eigenvalue weighted by Gasteiger charge is -2.39. The molecule has 2 nitrogen and oxygen atoms in total. The molecule has 1 atom stereocenters. The molecule has 2 N–H and O–H groups in total. The first-order chi connectivity index (χ1) is 8.29. The SMILES string of the molecule is CCCNC1(CCO)CCc2ccccc2C1. The second-order valence-electron chi connectivity index (χ2n) is 5.13. The lowest BCUT2D eigenvalue weighted by molar-refractivity contribution is 0.192. The van der Waals surface area contributed by atoms with Gasteiger partial charge in [-0.05, 0) is 49.8 Å². The third kappa shape index (κ3) is 2.88. The number of hydrogen-bond donors (Lipinski definition) is 2. The first-order valence-corrected chi connectivity index (χ1v) is 6.72. The van der Waals surface area contributed by atoms with Crippen molar-refractivity contribution in [3.63, 3.8) is 0 Å². The van der Waals surface area contributed by atoms with Crippen LogP contribution >= 0.6 is 0 Å². The minimum absolute atomic E-state index is 0.124. The van der Waals surface area contributed by atoms with E-state index in [-0.39, 0.29) is 12.1 Å². The number of aryl methyl sites for hydroxylation is 1. The number of fused-ring (bicyclic) bond motifs is 1. The molecule has 0 fully saturated rings. The summed E-state index contributed by atoms with van der Waals surface area (Å²) in [5.74, 6) is 0. The molecule has 0 aromatic heterocycles. The highest BCUT2D eigenvalue weighted by atomic mass is 16.3. The van der Waals surface area contributed by atoms with E-state index >= 15 is 0 Å². The molecule has 0 saturated carbocycles. The van der Waals surface area contributed by atoms with Gasteiger partial charge >= 0.3 is 0 Å². The van der Waals surface area contributed by atoms with Crippen LogP contribution in [0.4, 0.5) is 0 Å². The second-order valence-corrected chi connectivity index (χ2v) is 5.13. The summed E-state index contributed by atoms with van der Waals surface area (Å²) >= 11 is 0. The van der Waals surface area contributed by atoms with Gasteiger partial charge in [-0.15, -0.1) is 0 Å². The Balaban J connectivity index is 2.15. The molecule has 1 aliphatic rings. The number of aliphatic hydroxyl groups is 1. The molecule has 0 aliphatic heterocycles. The average molecular weight is 233 g/mol. The lowest BCUT2D eigenvalue weighted by Crippen LogP contribution is -2.50. The molecule has 2 rings (SSSR count). The van der Waals surface area contributed by atoms with Crippen molar-refractivity contribution in [2.45, 2.75) is 44.6 Å². The van der Waals surface area contributed by atoms with E-state index in [0.29, 0.717) is 0 Å². The largest absolute Gasteiger partial charge is 0.396 e. The van der Waals surface area contributed by atoms with Crippen molar-refractivity contribution in [2.24, 2.45) is 0 Å². The van der Waals surface area contributed by atoms with Gasteiger partial charge in [0.25, 0.3) is 0 Å². The van der Waals surface area contributed by atoms with Gasteiger partial charge in [0.2, 0.25) is 0 Å². The number of aliphatic hydroxyl groups excluding tert-OH is 1. The summed E-state index contributed by atoms with van der Waals surface area (Å²) in [7, 11) is 0. The number of nitrogens with one attached hydrogen (secondary N) is 1. The molecular weight excluding hydrogens is 210 g/mol. The maximum Gasteiger partial charge on any atom is 0.0448 e. The highest BCUT2D eigenvalue weighted by Gasteiger charge is 2.32. The van der Waals surface area contributed by atoms with Crippen molar-refractivity contribution >= 4 is 0 Å². The predicted molar refractivity (Wildman–Crippen MR) is 71.2 cm³/mol. The second kappa shape index (κ2) is 5.65. The molecule has 94 valence electrons. The predicted octanol–water partition coefficient (Wildman–Crippen LogP) is 2.30. The first kappa shape index (κ1) is 12.6. The number of rotatable bonds is 5. The summed E-state index contributed by atoms with van der Waals surface area (Å²) in [6.07, 6.45) is 5.34. The zero-order valence-corrected chi connectivity index (χ0v) is 10.7. The number of hydrogen-bond acceptors (Lipinski definition) is 2. The van der Waals surface area contributed by atoms with E-state index in [9.17, 15) is 5.11 Å². The molecule has 1 aromatic carbocycles. The van der Waals surface area contributed by atoms with E-state index in [1.165, 1.54) is 11.1 Å². The van der Waals surface area contributed by atoms with Crippen LogP contribution in [0.3, 0.4) is 0 Å². The highest BCUT2D eigenvalue weighted by molar-refractivity contribution is 5.32. The van der Waals surface area contributed by atoms with Gasteiger partial charge in [0, 0.05) is 12.1 Å². The zero-order valence-electron chi connectivity index (χ0n) is 10.7. The summed E-state index contributed by atoms with van der Waals surface area (Å²) in [6.45, 7) is 3.51. The molecule has 0 heterocycles. The molecule has 1 aromatic rings. The van der Waals surface area contributed by atoms with Crippen molar-refractivity contribution in [1.29, 1.82) is 0 Å². The van der Waals surface area contributed by atoms with Gasteiger partial charge in [-0.1, -0.05) is 31.2 Å². The zero-order chi connectivity index (χ0) is 12.1. The van der Waals surface area contributed by atoms with Crippen LogP contribution in [0, 0.1) is 0 Å². The van der Waals surface area contributed by atoms with Crippen LogP contribution in [0.25, 0.3) is 0 Å². The van der Waals surface area contributed by atoms with E-state index < -0.39 is 0 Å². The number of benzene rings is 1. The van der Waals surface area contributed by atoms with E-state index in [1.807, 2.05) is 0 Å². The van der Waals surface area contributed by atoms with Gasteiger partial charge in [-0.3, -0.25) is 0 Å². The molecule has 0 amide bonds. The van der Waals surface area contributed by atoms with Gasteiger partial charge in [0.05, 0.1) is 0 Å². The van der Waals surface area contributed by atoms with Crippen molar-refractivity contribution in [3.05, 3.63) is 35.4 Å². The Morgan fingerprint density at radius 2 is 2.06 bits per heavy atom. The van der Waals surface area contributed by atoms with Gasteiger partial charge in [-0.25, -0.2) is 0 Å². The fourth-order valence-corrected chi connectivity index (χ4v) is 2.86. The van der Waals surface area contributed by atoms with Crippen LogP contribution in [0.1, 0.15) is 37.3 Å². The molecule has 0 saturated heterocycles. The summed E-state index contributed by atoms with van der Waals surface area (Å²) in [4.78, 5) is 0. The Labute approximate surface area is 104 Å². The van der Waals surface area contributed by atoms with Gasteiger partial charge < -0.3 is 10.4 Å². The average Bonchev–Trinajstić information content (AvgIpc) is 2.37. The van der Waals surface area contributed by atoms with Crippen molar-refractivity contribution in [2.75, 3.05) is 13.2 Å². The van der Waals surface area contributed by atoms with E-state index in [0.717, 1.165) is 38.6 Å². The van der Waals surface area contributed by atoms with Crippen LogP contribution in [0.2, 0.25) is 0 Å². The molecule has 2 heteroatoms. The molecule has 1 unspecified atom stereocenters. The van der Waals surface area contributed by atoms with E-state index in [2.05, 4.69) is 36.5 Å². The smallest absolute Gasteiger partial charge is 0.0448 e. The molecule has 0 bridgehead atoms. The molecule has 0 radical (unpaired) electrons. The topological polar surface area (TPSA) is 32.3 Å². The minimum atomic E-state index is 0.124. The fraction of sp³-hybridized carbons (Fsp3) is 0.600. The summed E-state index contributed by atoms with van der Waals surface area (Å²) < 4.78 is 0. The molecule has 0 spiro atoms.